The molecule has 0 radical (unpaired) electrons. The molecule has 1 aliphatic rings. The van der Waals surface area contributed by atoms with Gasteiger partial charge in [-0.3, -0.25) is 0 Å². The van der Waals surface area contributed by atoms with Gasteiger partial charge in [-0.25, -0.2) is 0 Å². The number of likely N-dealkylation sites (tertiary alicyclic amines) is 1. The second-order valence-corrected chi connectivity index (χ2v) is 5.70. The fourth-order valence-electron chi connectivity index (χ4n) is 2.58. The summed E-state index contributed by atoms with van der Waals surface area (Å²) < 4.78 is 0. The van der Waals surface area contributed by atoms with E-state index in [0.29, 0.717) is 0 Å². The molecule has 0 aromatic heterocycles. The Hall–Kier alpha value is -0.0800. The monoisotopic (exact) mass is 226 g/mol. The van der Waals surface area contributed by atoms with Gasteiger partial charge in [-0.1, -0.05) is 27.2 Å². The molecule has 1 unspecified atom stereocenters. The minimum Gasteiger partial charge on any atom is -0.316 e. The molecule has 0 aliphatic carbocycles. The van der Waals surface area contributed by atoms with Gasteiger partial charge in [0, 0.05) is 6.54 Å². The van der Waals surface area contributed by atoms with E-state index in [4.69, 9.17) is 0 Å². The van der Waals surface area contributed by atoms with E-state index in [2.05, 4.69) is 31.0 Å². The molecule has 96 valence electrons. The topological polar surface area (TPSA) is 15.3 Å². The number of nitrogens with zero attached hydrogens (tertiary/aromatic N) is 1. The molecule has 1 heterocycles. The average molecular weight is 226 g/mol. The summed E-state index contributed by atoms with van der Waals surface area (Å²) in [7, 11) is 0. The maximum Gasteiger partial charge on any atom is 0.00101 e. The van der Waals surface area contributed by atoms with Crippen molar-refractivity contribution in [2.24, 2.45) is 11.8 Å². The van der Waals surface area contributed by atoms with Crippen molar-refractivity contribution in [1.82, 2.24) is 10.2 Å². The second-order valence-electron chi connectivity index (χ2n) is 5.70. The lowest BCUT2D eigenvalue weighted by Gasteiger charge is -2.16. The Morgan fingerprint density at radius 2 is 2.19 bits per heavy atom. The van der Waals surface area contributed by atoms with E-state index in [1.54, 1.807) is 0 Å². The predicted octanol–water partition coefficient (Wildman–Crippen LogP) is 2.74. The number of nitrogens with one attached hydrogen (secondary N) is 1. The van der Waals surface area contributed by atoms with Gasteiger partial charge in [0.05, 0.1) is 0 Å². The van der Waals surface area contributed by atoms with Gasteiger partial charge >= 0.3 is 0 Å². The lowest BCUT2D eigenvalue weighted by atomic mass is 10.0. The third-order valence-corrected chi connectivity index (χ3v) is 3.45. The summed E-state index contributed by atoms with van der Waals surface area (Å²) in [5, 5.41) is 3.52. The van der Waals surface area contributed by atoms with Crippen LogP contribution in [-0.2, 0) is 0 Å². The normalized spacial score (nSPS) is 22.1. The molecular weight excluding hydrogens is 196 g/mol. The highest BCUT2D eigenvalue weighted by Crippen LogP contribution is 2.20. The van der Waals surface area contributed by atoms with Gasteiger partial charge in [-0.2, -0.15) is 0 Å². The third-order valence-electron chi connectivity index (χ3n) is 3.45. The van der Waals surface area contributed by atoms with Crippen molar-refractivity contribution >= 4 is 0 Å². The fourth-order valence-corrected chi connectivity index (χ4v) is 2.58. The van der Waals surface area contributed by atoms with Crippen LogP contribution in [0.4, 0.5) is 0 Å². The van der Waals surface area contributed by atoms with Crippen LogP contribution in [0.15, 0.2) is 0 Å². The van der Waals surface area contributed by atoms with Crippen LogP contribution in [0, 0.1) is 11.8 Å². The van der Waals surface area contributed by atoms with Crippen LogP contribution in [-0.4, -0.2) is 37.6 Å². The fraction of sp³-hybridized carbons (Fsp3) is 1.00. The van der Waals surface area contributed by atoms with Crippen LogP contribution in [0.25, 0.3) is 0 Å². The minimum atomic E-state index is 0.778. The molecule has 2 heteroatoms. The Morgan fingerprint density at radius 1 is 1.38 bits per heavy atom. The molecule has 1 rings (SSSR count). The molecule has 0 aromatic rings. The summed E-state index contributed by atoms with van der Waals surface area (Å²) in [4.78, 5) is 2.65. The van der Waals surface area contributed by atoms with Crippen molar-refractivity contribution < 1.29 is 0 Å². The van der Waals surface area contributed by atoms with E-state index < -0.39 is 0 Å². The Bertz CT molecular complexity index is 168. The van der Waals surface area contributed by atoms with Crippen LogP contribution >= 0.6 is 0 Å². The zero-order valence-corrected chi connectivity index (χ0v) is 11.5. The Morgan fingerprint density at radius 3 is 2.88 bits per heavy atom. The molecule has 0 amide bonds. The molecule has 1 N–H and O–H groups in total. The Kier molecular flexibility index (Phi) is 7.06. The zero-order valence-electron chi connectivity index (χ0n) is 11.5. The first-order valence-corrected chi connectivity index (χ1v) is 7.15. The molecule has 1 atom stereocenters. The minimum absolute atomic E-state index is 0.778. The SMILES string of the molecule is CCCC1CCN(CCCNCC(C)C)C1. The van der Waals surface area contributed by atoms with Gasteiger partial charge in [-0.15, -0.1) is 0 Å². The second kappa shape index (κ2) is 8.08. The number of hydrogen-bond acceptors (Lipinski definition) is 2. The van der Waals surface area contributed by atoms with E-state index in [9.17, 15) is 0 Å². The first-order valence-electron chi connectivity index (χ1n) is 7.15. The van der Waals surface area contributed by atoms with Gasteiger partial charge in [0.15, 0.2) is 0 Å². The molecule has 0 aromatic carbocycles. The van der Waals surface area contributed by atoms with Gasteiger partial charge in [0.1, 0.15) is 0 Å². The first-order chi connectivity index (χ1) is 7.72. The Labute approximate surface area is 102 Å². The van der Waals surface area contributed by atoms with Crippen LogP contribution in [0.1, 0.15) is 46.5 Å². The molecule has 2 nitrogen and oxygen atoms in total. The molecule has 1 saturated heterocycles. The van der Waals surface area contributed by atoms with Crippen LogP contribution in [0.2, 0.25) is 0 Å². The molecule has 1 fully saturated rings. The van der Waals surface area contributed by atoms with Crippen molar-refractivity contribution in [3.05, 3.63) is 0 Å². The predicted molar refractivity (Wildman–Crippen MR) is 71.8 cm³/mol. The zero-order chi connectivity index (χ0) is 11.8. The smallest absolute Gasteiger partial charge is 0.00101 e. The summed E-state index contributed by atoms with van der Waals surface area (Å²) >= 11 is 0. The van der Waals surface area contributed by atoms with E-state index in [-0.39, 0.29) is 0 Å². The summed E-state index contributed by atoms with van der Waals surface area (Å²) in [6.07, 6.45) is 5.54. The molecule has 1 aliphatic heterocycles. The van der Waals surface area contributed by atoms with E-state index in [1.165, 1.54) is 58.4 Å². The summed E-state index contributed by atoms with van der Waals surface area (Å²) in [5.41, 5.74) is 0. The maximum absolute atomic E-state index is 3.52. The maximum atomic E-state index is 3.52. The van der Waals surface area contributed by atoms with Gasteiger partial charge < -0.3 is 10.2 Å². The van der Waals surface area contributed by atoms with E-state index in [1.807, 2.05) is 0 Å². The lowest BCUT2D eigenvalue weighted by Crippen LogP contribution is -2.27. The van der Waals surface area contributed by atoms with Crippen molar-refractivity contribution in [2.75, 3.05) is 32.7 Å². The lowest BCUT2D eigenvalue weighted by molar-refractivity contribution is 0.313. The molecule has 0 spiro atoms. The summed E-state index contributed by atoms with van der Waals surface area (Å²) in [6, 6.07) is 0. The standard InChI is InChI=1S/C14H30N2/c1-4-6-14-7-10-16(12-14)9-5-8-15-11-13(2)3/h13-15H,4-12H2,1-3H3. The Balaban J connectivity index is 1.94. The highest BCUT2D eigenvalue weighted by atomic mass is 15.1. The molecular formula is C14H30N2. The quantitative estimate of drug-likeness (QED) is 0.640. The third kappa shape index (κ3) is 5.86. The van der Waals surface area contributed by atoms with Crippen molar-refractivity contribution in [1.29, 1.82) is 0 Å². The average Bonchev–Trinajstić information content (AvgIpc) is 2.65. The van der Waals surface area contributed by atoms with Gasteiger partial charge in [0.2, 0.25) is 0 Å². The number of rotatable bonds is 8. The van der Waals surface area contributed by atoms with Crippen LogP contribution in [0.3, 0.4) is 0 Å². The molecule has 0 bridgehead atoms. The van der Waals surface area contributed by atoms with Crippen molar-refractivity contribution in [3.8, 4) is 0 Å². The van der Waals surface area contributed by atoms with Crippen molar-refractivity contribution in [3.63, 3.8) is 0 Å². The highest BCUT2D eigenvalue weighted by Gasteiger charge is 2.20. The highest BCUT2D eigenvalue weighted by molar-refractivity contribution is 4.75. The first kappa shape index (κ1) is 14.0. The molecule has 16 heavy (non-hydrogen) atoms. The van der Waals surface area contributed by atoms with Crippen LogP contribution in [0.5, 0.6) is 0 Å². The largest absolute Gasteiger partial charge is 0.316 e. The van der Waals surface area contributed by atoms with Crippen molar-refractivity contribution in [2.45, 2.75) is 46.5 Å². The van der Waals surface area contributed by atoms with Gasteiger partial charge in [-0.05, 0) is 57.3 Å². The number of hydrogen-bond donors (Lipinski definition) is 1. The van der Waals surface area contributed by atoms with Gasteiger partial charge in [0.25, 0.3) is 0 Å². The summed E-state index contributed by atoms with van der Waals surface area (Å²) in [5.74, 6) is 1.77. The van der Waals surface area contributed by atoms with E-state index in [0.717, 1.165) is 11.8 Å². The molecule has 0 saturated carbocycles. The van der Waals surface area contributed by atoms with Crippen LogP contribution < -0.4 is 5.32 Å². The van der Waals surface area contributed by atoms with E-state index >= 15 is 0 Å². The summed E-state index contributed by atoms with van der Waals surface area (Å²) in [6.45, 7) is 13.2.